The molecule has 13 heteroatoms. The average molecular weight is 662 g/mol. The summed E-state index contributed by atoms with van der Waals surface area (Å²) in [4.78, 5) is 47.2. The molecule has 1 aromatic heterocycles. The largest absolute Gasteiger partial charge is 0.444 e. The van der Waals surface area contributed by atoms with Gasteiger partial charge in [-0.25, -0.2) is 18.2 Å². The first kappa shape index (κ1) is 37.0. The lowest BCUT2D eigenvalue weighted by atomic mass is 9.99. The number of benzene rings is 1. The highest BCUT2D eigenvalue weighted by molar-refractivity contribution is 7.92. The van der Waals surface area contributed by atoms with Gasteiger partial charge in [-0.05, 0) is 51.5 Å². The van der Waals surface area contributed by atoms with Gasteiger partial charge in [0, 0.05) is 24.7 Å². The molecule has 0 saturated heterocycles. The van der Waals surface area contributed by atoms with Gasteiger partial charge < -0.3 is 30.8 Å². The lowest BCUT2D eigenvalue weighted by Crippen LogP contribution is -2.58. The van der Waals surface area contributed by atoms with E-state index in [0.717, 1.165) is 24.8 Å². The molecule has 1 aromatic carbocycles. The molecule has 3 amide bonds. The molecule has 3 rings (SSSR count). The maximum atomic E-state index is 13.8. The second-order valence-corrected chi connectivity index (χ2v) is 16.0. The van der Waals surface area contributed by atoms with Crippen LogP contribution in [0.5, 0.6) is 0 Å². The summed E-state index contributed by atoms with van der Waals surface area (Å²) in [5.74, 6) is -1.63. The van der Waals surface area contributed by atoms with E-state index in [-0.39, 0.29) is 18.8 Å². The van der Waals surface area contributed by atoms with Crippen LogP contribution >= 0.6 is 0 Å². The number of carbonyl (C=O) groups excluding carboxylic acids is 3. The smallest absolute Gasteiger partial charge is 0.408 e. The minimum absolute atomic E-state index is 0.0336. The van der Waals surface area contributed by atoms with Gasteiger partial charge in [-0.3, -0.25) is 9.59 Å². The highest BCUT2D eigenvalue weighted by atomic mass is 32.2. The van der Waals surface area contributed by atoms with E-state index in [2.05, 4.69) is 25.9 Å². The molecule has 0 unspecified atom stereocenters. The van der Waals surface area contributed by atoms with Crippen molar-refractivity contribution in [2.45, 2.75) is 121 Å². The van der Waals surface area contributed by atoms with Crippen LogP contribution in [0.4, 0.5) is 4.79 Å². The number of carbonyl (C=O) groups is 3. The average Bonchev–Trinajstić information content (AvgIpc) is 3.49. The van der Waals surface area contributed by atoms with Crippen LogP contribution in [-0.4, -0.2) is 82.2 Å². The van der Waals surface area contributed by atoms with Gasteiger partial charge in [0.2, 0.25) is 11.8 Å². The van der Waals surface area contributed by atoms with Crippen molar-refractivity contribution >= 4 is 27.7 Å². The fraction of sp³-hybridized carbons (Fsp3) is 0.636. The number of rotatable bonds is 15. The summed E-state index contributed by atoms with van der Waals surface area (Å²) in [6.45, 7) is 8.98. The number of amides is 3. The lowest BCUT2D eigenvalue weighted by molar-refractivity contribution is -0.130. The third kappa shape index (κ3) is 12.4. The Morgan fingerprint density at radius 1 is 0.978 bits per heavy atom. The molecule has 256 valence electrons. The number of aliphatic hydroxyl groups is 1. The second kappa shape index (κ2) is 16.9. The number of aromatic nitrogens is 2. The first-order valence-corrected chi connectivity index (χ1v) is 17.9. The van der Waals surface area contributed by atoms with Crippen molar-refractivity contribution in [1.82, 2.24) is 25.9 Å². The highest BCUT2D eigenvalue weighted by Crippen LogP contribution is 2.25. The van der Waals surface area contributed by atoms with Crippen molar-refractivity contribution < 1.29 is 32.6 Å². The number of nitrogens with zero attached hydrogens (tertiary/aromatic N) is 1. The fourth-order valence-electron chi connectivity index (χ4n) is 5.62. The number of ether oxygens (including phenoxy) is 1. The Hall–Kier alpha value is -3.45. The van der Waals surface area contributed by atoms with E-state index in [4.69, 9.17) is 4.74 Å². The van der Waals surface area contributed by atoms with Crippen molar-refractivity contribution in [2.24, 2.45) is 5.92 Å². The molecule has 1 fully saturated rings. The number of hydrogen-bond acceptors (Lipinski definition) is 8. The zero-order valence-electron chi connectivity index (χ0n) is 27.6. The fourth-order valence-corrected chi connectivity index (χ4v) is 7.66. The molecule has 0 spiro atoms. The minimum Gasteiger partial charge on any atom is -0.444 e. The summed E-state index contributed by atoms with van der Waals surface area (Å²) < 4.78 is 31.7. The van der Waals surface area contributed by atoms with Crippen molar-refractivity contribution in [3.05, 3.63) is 54.1 Å². The molecular weight excluding hydrogens is 610 g/mol. The quantitative estimate of drug-likeness (QED) is 0.193. The Morgan fingerprint density at radius 2 is 1.61 bits per heavy atom. The molecule has 0 radical (unpaired) electrons. The van der Waals surface area contributed by atoms with E-state index < -0.39 is 68.6 Å². The number of H-pyrrole nitrogens is 1. The lowest BCUT2D eigenvalue weighted by Gasteiger charge is -2.30. The summed E-state index contributed by atoms with van der Waals surface area (Å²) in [5.41, 5.74) is 0.561. The Balaban J connectivity index is 1.81. The number of aromatic amines is 1. The zero-order valence-corrected chi connectivity index (χ0v) is 28.4. The topological polar surface area (TPSA) is 180 Å². The molecule has 12 nitrogen and oxygen atoms in total. The Bertz CT molecular complexity index is 1350. The van der Waals surface area contributed by atoms with E-state index in [1.54, 1.807) is 20.8 Å². The number of alkyl carbamates (subject to hydrolysis) is 1. The SMILES string of the molecule is CC(C)C[C@@H](NC(=O)[C@H](Cc1cnc[nH]1)NC(=O)[C@H](Cc1ccccc1)NC(=O)OC(C)(C)C)[C@H](O)CS(=O)(=O)C1CCCCC1. The van der Waals surface area contributed by atoms with Gasteiger partial charge in [-0.1, -0.05) is 63.4 Å². The van der Waals surface area contributed by atoms with Gasteiger partial charge in [-0.15, -0.1) is 0 Å². The first-order chi connectivity index (χ1) is 21.6. The van der Waals surface area contributed by atoms with Crippen molar-refractivity contribution in [3.63, 3.8) is 0 Å². The molecule has 4 atom stereocenters. The number of aliphatic hydroxyl groups excluding tert-OH is 1. The van der Waals surface area contributed by atoms with Crippen LogP contribution in [0.25, 0.3) is 0 Å². The van der Waals surface area contributed by atoms with Crippen LogP contribution in [0.3, 0.4) is 0 Å². The van der Waals surface area contributed by atoms with Crippen LogP contribution in [0, 0.1) is 5.92 Å². The van der Waals surface area contributed by atoms with Crippen LogP contribution < -0.4 is 16.0 Å². The highest BCUT2D eigenvalue weighted by Gasteiger charge is 2.35. The van der Waals surface area contributed by atoms with Gasteiger partial charge >= 0.3 is 6.09 Å². The maximum absolute atomic E-state index is 13.8. The minimum atomic E-state index is -3.58. The molecule has 2 aromatic rings. The van der Waals surface area contributed by atoms with Gasteiger partial charge in [0.1, 0.15) is 17.7 Å². The third-order valence-electron chi connectivity index (χ3n) is 7.88. The van der Waals surface area contributed by atoms with Crippen molar-refractivity contribution in [3.8, 4) is 0 Å². The van der Waals surface area contributed by atoms with E-state index >= 15 is 0 Å². The van der Waals surface area contributed by atoms with Gasteiger partial charge in [0.05, 0.1) is 29.5 Å². The van der Waals surface area contributed by atoms with Crippen molar-refractivity contribution in [2.75, 3.05) is 5.75 Å². The van der Waals surface area contributed by atoms with Crippen molar-refractivity contribution in [1.29, 1.82) is 0 Å². The number of hydrogen-bond donors (Lipinski definition) is 5. The molecule has 0 aliphatic heterocycles. The van der Waals surface area contributed by atoms with E-state index in [1.165, 1.54) is 12.5 Å². The monoisotopic (exact) mass is 661 g/mol. The van der Waals surface area contributed by atoms with Gasteiger partial charge in [0.15, 0.2) is 9.84 Å². The molecule has 1 aliphatic rings. The number of nitrogens with one attached hydrogen (secondary N) is 4. The zero-order chi connectivity index (χ0) is 33.9. The Kier molecular flexibility index (Phi) is 13.6. The molecule has 1 heterocycles. The molecule has 46 heavy (non-hydrogen) atoms. The van der Waals surface area contributed by atoms with Gasteiger partial charge in [0.25, 0.3) is 0 Å². The second-order valence-electron chi connectivity index (χ2n) is 13.6. The van der Waals surface area contributed by atoms with Crippen LogP contribution in [0.1, 0.15) is 84.4 Å². The third-order valence-corrected chi connectivity index (χ3v) is 10.2. The number of imidazole rings is 1. The summed E-state index contributed by atoms with van der Waals surface area (Å²) in [5, 5.41) is 18.9. The van der Waals surface area contributed by atoms with Gasteiger partial charge in [-0.2, -0.15) is 0 Å². The van der Waals surface area contributed by atoms with Crippen LogP contribution in [0.15, 0.2) is 42.9 Å². The van der Waals surface area contributed by atoms with Crippen LogP contribution in [-0.2, 0) is 37.0 Å². The first-order valence-electron chi connectivity index (χ1n) is 16.1. The van der Waals surface area contributed by atoms with E-state index in [1.807, 2.05) is 44.2 Å². The predicted molar refractivity (Wildman–Crippen MR) is 176 cm³/mol. The summed E-state index contributed by atoms with van der Waals surface area (Å²) in [7, 11) is -3.58. The molecule has 1 aliphatic carbocycles. The molecule has 5 N–H and O–H groups in total. The number of sulfone groups is 1. The van der Waals surface area contributed by atoms with E-state index in [0.29, 0.717) is 25.0 Å². The summed E-state index contributed by atoms with van der Waals surface area (Å²) in [6.07, 6.45) is 5.22. The standard InChI is InChI=1S/C33H51N5O7S/c1-22(2)16-26(29(39)20-46(43,44)25-14-10-7-11-15-25)36-31(41)28(18-24-19-34-21-35-24)37-30(40)27(17-23-12-8-6-9-13-23)38-32(42)45-33(3,4)5/h6,8-9,12-13,19,21-22,25-29,39H,7,10-11,14-18,20H2,1-5H3,(H,34,35)(H,36,41)(H,37,40)(H,38,42)/t26-,27+,28+,29-/m1/s1. The maximum Gasteiger partial charge on any atom is 0.408 e. The molecular formula is C33H51N5O7S. The summed E-state index contributed by atoms with van der Waals surface area (Å²) in [6, 6.07) is 6.05. The van der Waals surface area contributed by atoms with Crippen LogP contribution in [0.2, 0.25) is 0 Å². The Labute approximate surface area is 272 Å². The predicted octanol–water partition coefficient (Wildman–Crippen LogP) is 3.21. The normalized spacial score (nSPS) is 17.0. The molecule has 1 saturated carbocycles. The Morgan fingerprint density at radius 3 is 2.20 bits per heavy atom. The molecule has 0 bridgehead atoms. The summed E-state index contributed by atoms with van der Waals surface area (Å²) >= 11 is 0. The van der Waals surface area contributed by atoms with E-state index in [9.17, 15) is 27.9 Å².